The molecule has 1 aliphatic rings. The lowest BCUT2D eigenvalue weighted by Crippen LogP contribution is -2.35. The first kappa shape index (κ1) is 15.8. The predicted molar refractivity (Wildman–Crippen MR) is 75.1 cm³/mol. The van der Waals surface area contributed by atoms with E-state index in [0.29, 0.717) is 11.3 Å². The fourth-order valence-corrected chi connectivity index (χ4v) is 2.25. The van der Waals surface area contributed by atoms with Crippen LogP contribution >= 0.6 is 0 Å². The molecule has 1 N–H and O–H groups in total. The summed E-state index contributed by atoms with van der Waals surface area (Å²) in [6.45, 7) is 3.11. The number of cyclic esters (lactones) is 1. The number of benzene rings is 1. The zero-order valence-electron chi connectivity index (χ0n) is 12.1. The predicted octanol–water partition coefficient (Wildman–Crippen LogP) is 2.55. The first-order valence-corrected chi connectivity index (χ1v) is 6.60. The number of aliphatic carboxylic acids is 1. The Morgan fingerprint density at radius 2 is 2.09 bits per heavy atom. The van der Waals surface area contributed by atoms with Gasteiger partial charge >= 0.3 is 11.9 Å². The van der Waals surface area contributed by atoms with Crippen LogP contribution in [0.4, 0.5) is 5.69 Å². The second kappa shape index (κ2) is 6.05. The van der Waals surface area contributed by atoms with Crippen molar-refractivity contribution in [2.24, 2.45) is 11.0 Å². The molecular weight excluding hydrogens is 290 g/mol. The molecule has 1 unspecified atom stereocenters. The Kier molecular flexibility index (Phi) is 4.35. The van der Waals surface area contributed by atoms with E-state index in [1.807, 2.05) is 0 Å². The van der Waals surface area contributed by atoms with Gasteiger partial charge in [0.2, 0.25) is 5.79 Å². The van der Waals surface area contributed by atoms with E-state index in [1.54, 1.807) is 38.1 Å². The van der Waals surface area contributed by atoms with Gasteiger partial charge < -0.3 is 14.6 Å². The zero-order valence-corrected chi connectivity index (χ0v) is 12.1. The van der Waals surface area contributed by atoms with E-state index in [9.17, 15) is 14.7 Å². The molecule has 116 valence electrons. The van der Waals surface area contributed by atoms with Gasteiger partial charge in [0.05, 0.1) is 5.92 Å². The summed E-state index contributed by atoms with van der Waals surface area (Å²) in [5, 5.41) is 12.8. The van der Waals surface area contributed by atoms with Gasteiger partial charge in [0.25, 0.3) is 0 Å². The molecule has 2 rings (SSSR count). The average molecular weight is 305 g/mol. The van der Waals surface area contributed by atoms with Gasteiger partial charge in [-0.2, -0.15) is 0 Å². The Hall–Kier alpha value is -2.57. The van der Waals surface area contributed by atoms with E-state index in [2.05, 4.69) is 10.0 Å². The lowest BCUT2D eigenvalue weighted by Gasteiger charge is -2.19. The van der Waals surface area contributed by atoms with Crippen molar-refractivity contribution in [2.75, 3.05) is 0 Å². The van der Waals surface area contributed by atoms with Crippen molar-refractivity contribution < 1.29 is 24.2 Å². The molecule has 0 bridgehead atoms. The number of azide groups is 1. The maximum Gasteiger partial charge on any atom is 0.338 e. The van der Waals surface area contributed by atoms with Crippen molar-refractivity contribution in [3.8, 4) is 0 Å². The molecule has 1 saturated heterocycles. The third-order valence-corrected chi connectivity index (χ3v) is 3.22. The molecule has 0 saturated carbocycles. The highest BCUT2D eigenvalue weighted by Crippen LogP contribution is 2.30. The molecule has 0 aromatic heterocycles. The third kappa shape index (κ3) is 3.55. The van der Waals surface area contributed by atoms with Gasteiger partial charge in [-0.15, -0.1) is 0 Å². The van der Waals surface area contributed by atoms with Crippen LogP contribution in [0.5, 0.6) is 0 Å². The smallest absolute Gasteiger partial charge is 0.338 e. The van der Waals surface area contributed by atoms with Crippen molar-refractivity contribution in [3.63, 3.8) is 0 Å². The molecule has 0 aliphatic carbocycles. The van der Waals surface area contributed by atoms with Gasteiger partial charge in [0.15, 0.2) is 6.10 Å². The minimum Gasteiger partial charge on any atom is -0.481 e. The molecule has 0 radical (unpaired) electrons. The Labute approximate surface area is 126 Å². The van der Waals surface area contributed by atoms with Crippen LogP contribution in [-0.4, -0.2) is 28.9 Å². The number of hydrogen-bond donors (Lipinski definition) is 1. The largest absolute Gasteiger partial charge is 0.481 e. The lowest BCUT2D eigenvalue weighted by atomic mass is 9.94. The molecular formula is C14H15N3O5. The van der Waals surface area contributed by atoms with Gasteiger partial charge in [-0.05, 0) is 17.5 Å². The number of carbonyl (C=O) groups is 2. The van der Waals surface area contributed by atoms with Gasteiger partial charge in [-0.3, -0.25) is 4.79 Å². The van der Waals surface area contributed by atoms with E-state index < -0.39 is 29.7 Å². The number of hydrogen-bond acceptors (Lipinski definition) is 5. The second-order valence-electron chi connectivity index (χ2n) is 5.36. The highest BCUT2D eigenvalue weighted by Gasteiger charge is 2.47. The normalized spacial score (nSPS) is 20.8. The van der Waals surface area contributed by atoms with Crippen LogP contribution in [0.2, 0.25) is 0 Å². The molecule has 22 heavy (non-hydrogen) atoms. The fourth-order valence-electron chi connectivity index (χ4n) is 2.25. The summed E-state index contributed by atoms with van der Waals surface area (Å²) in [5.74, 6) is -4.00. The van der Waals surface area contributed by atoms with Crippen LogP contribution in [0.15, 0.2) is 29.4 Å². The highest BCUT2D eigenvalue weighted by atomic mass is 16.8. The minimum atomic E-state index is -1.15. The van der Waals surface area contributed by atoms with Crippen molar-refractivity contribution in [1.29, 1.82) is 0 Å². The number of rotatable bonds is 5. The molecule has 1 aromatic rings. The van der Waals surface area contributed by atoms with Crippen molar-refractivity contribution >= 4 is 17.6 Å². The van der Waals surface area contributed by atoms with Crippen LogP contribution in [0, 0.1) is 5.92 Å². The number of esters is 1. The maximum absolute atomic E-state index is 11.8. The summed E-state index contributed by atoms with van der Waals surface area (Å²) < 4.78 is 10.4. The number of carbonyl (C=O) groups excluding carboxylic acids is 1. The molecule has 1 heterocycles. The summed E-state index contributed by atoms with van der Waals surface area (Å²) in [7, 11) is 0. The summed E-state index contributed by atoms with van der Waals surface area (Å²) >= 11 is 0. The summed E-state index contributed by atoms with van der Waals surface area (Å²) in [4.78, 5) is 25.9. The monoisotopic (exact) mass is 305 g/mol. The van der Waals surface area contributed by atoms with Crippen LogP contribution < -0.4 is 0 Å². The molecule has 1 aromatic carbocycles. The summed E-state index contributed by atoms with van der Waals surface area (Å²) in [6, 6.07) is 6.44. The highest BCUT2D eigenvalue weighted by molar-refractivity contribution is 5.84. The van der Waals surface area contributed by atoms with Gasteiger partial charge in [0.1, 0.15) is 0 Å². The van der Waals surface area contributed by atoms with E-state index in [0.717, 1.165) is 0 Å². The van der Waals surface area contributed by atoms with Crippen LogP contribution in [0.1, 0.15) is 19.4 Å². The lowest BCUT2D eigenvalue weighted by molar-refractivity contribution is -0.163. The third-order valence-electron chi connectivity index (χ3n) is 3.22. The molecule has 2 atom stereocenters. The van der Waals surface area contributed by atoms with E-state index >= 15 is 0 Å². The zero-order chi connectivity index (χ0) is 16.3. The molecule has 0 amide bonds. The first-order valence-electron chi connectivity index (χ1n) is 6.60. The van der Waals surface area contributed by atoms with Crippen molar-refractivity contribution in [3.05, 3.63) is 40.3 Å². The maximum atomic E-state index is 11.8. The molecule has 1 aliphatic heterocycles. The van der Waals surface area contributed by atoms with E-state index in [-0.39, 0.29) is 6.42 Å². The fraction of sp³-hybridized carbons (Fsp3) is 0.429. The quantitative estimate of drug-likeness (QED) is 0.387. The van der Waals surface area contributed by atoms with Crippen LogP contribution in [-0.2, 0) is 25.5 Å². The number of nitrogens with zero attached hydrogens (tertiary/aromatic N) is 3. The van der Waals surface area contributed by atoms with Crippen molar-refractivity contribution in [2.45, 2.75) is 32.2 Å². The Balaban J connectivity index is 2.17. The molecule has 8 nitrogen and oxygen atoms in total. The number of carboxylic acid groups (broad SMARTS) is 1. The number of carboxylic acids is 1. The Morgan fingerprint density at radius 3 is 2.55 bits per heavy atom. The van der Waals surface area contributed by atoms with E-state index in [1.165, 1.54) is 0 Å². The first-order chi connectivity index (χ1) is 10.3. The van der Waals surface area contributed by atoms with Crippen molar-refractivity contribution in [1.82, 2.24) is 0 Å². The van der Waals surface area contributed by atoms with Crippen LogP contribution in [0.3, 0.4) is 0 Å². The minimum absolute atomic E-state index is 0.0989. The molecule has 0 spiro atoms. The standard InChI is InChI=1S/C14H15N3O5/c1-14(2)21-11(13(20)22-14)10(12(18)19)7-8-3-5-9(6-4-8)16-17-15/h3-6,10-11H,7H2,1-2H3,(H,18,19)/t10-,11?/m1/s1. The second-order valence-corrected chi connectivity index (χ2v) is 5.36. The average Bonchev–Trinajstić information content (AvgIpc) is 2.71. The molecule has 1 fully saturated rings. The van der Waals surface area contributed by atoms with Crippen LogP contribution in [0.25, 0.3) is 10.4 Å². The van der Waals surface area contributed by atoms with E-state index in [4.69, 9.17) is 15.0 Å². The topological polar surface area (TPSA) is 122 Å². The summed E-state index contributed by atoms with van der Waals surface area (Å²) in [6.07, 6.45) is -1.05. The number of ether oxygens (including phenoxy) is 2. The van der Waals surface area contributed by atoms with Gasteiger partial charge in [-0.25, -0.2) is 4.79 Å². The SMILES string of the molecule is CC1(C)OC(=O)C([C@@H](Cc2ccc(N=[N+]=[N-])cc2)C(=O)O)O1. The molecule has 8 heteroatoms. The van der Waals surface area contributed by atoms with Gasteiger partial charge in [-0.1, -0.05) is 29.4 Å². The summed E-state index contributed by atoms with van der Waals surface area (Å²) in [5.41, 5.74) is 9.45. The Morgan fingerprint density at radius 1 is 1.45 bits per heavy atom. The Bertz CT molecular complexity index is 634. The van der Waals surface area contributed by atoms with Gasteiger partial charge in [0, 0.05) is 24.4 Å².